The smallest absolute Gasteiger partial charge is 0.227 e. The van der Waals surface area contributed by atoms with E-state index in [4.69, 9.17) is 9.47 Å². The zero-order valence-electron chi connectivity index (χ0n) is 16.7. The van der Waals surface area contributed by atoms with Crippen LogP contribution in [0.2, 0.25) is 0 Å². The van der Waals surface area contributed by atoms with Gasteiger partial charge >= 0.3 is 0 Å². The quantitative estimate of drug-likeness (QED) is 0.666. The summed E-state index contributed by atoms with van der Waals surface area (Å²) in [4.78, 5) is 31.0. The first-order valence-corrected chi connectivity index (χ1v) is 10.1. The average molecular weight is 389 g/mol. The van der Waals surface area contributed by atoms with Gasteiger partial charge in [0.1, 0.15) is 12.4 Å². The topological polar surface area (TPSA) is 62.3 Å². The molecule has 3 rings (SSSR count). The Morgan fingerprint density at radius 1 is 1.21 bits per heavy atom. The number of likely N-dealkylation sites (tertiary alicyclic amines) is 1. The molecule has 1 aromatic rings. The van der Waals surface area contributed by atoms with Crippen LogP contribution in [0.5, 0.6) is 5.75 Å². The highest BCUT2D eigenvalue weighted by Gasteiger charge is 2.31. The average Bonchev–Trinajstić information content (AvgIpc) is 2.74. The number of amides is 2. The Bertz CT molecular complexity index is 634. The van der Waals surface area contributed by atoms with Crippen molar-refractivity contribution < 1.29 is 19.1 Å². The molecule has 7 heteroatoms. The van der Waals surface area contributed by atoms with Gasteiger partial charge in [-0.05, 0) is 18.6 Å². The van der Waals surface area contributed by atoms with Crippen LogP contribution in [0.15, 0.2) is 30.3 Å². The summed E-state index contributed by atoms with van der Waals surface area (Å²) < 4.78 is 11.0. The Morgan fingerprint density at radius 3 is 2.71 bits per heavy atom. The van der Waals surface area contributed by atoms with E-state index in [0.29, 0.717) is 39.1 Å². The Morgan fingerprint density at radius 2 is 1.96 bits per heavy atom. The van der Waals surface area contributed by atoms with Crippen LogP contribution >= 0.6 is 0 Å². The number of morpholine rings is 1. The molecule has 1 aromatic carbocycles. The molecule has 0 aromatic heterocycles. The van der Waals surface area contributed by atoms with Gasteiger partial charge in [-0.15, -0.1) is 0 Å². The van der Waals surface area contributed by atoms with Crippen molar-refractivity contribution in [2.75, 3.05) is 66.1 Å². The van der Waals surface area contributed by atoms with Crippen molar-refractivity contribution in [1.29, 1.82) is 0 Å². The number of rotatable bonds is 8. The minimum atomic E-state index is -0.121. The lowest BCUT2D eigenvalue weighted by Crippen LogP contribution is -2.49. The SMILES string of the molecule is CN(CCOc1ccccc1)C(=O)[C@H]1CCC(=O)N(CCN2CCOCC2)C1. The zero-order valence-corrected chi connectivity index (χ0v) is 16.7. The molecule has 0 saturated carbocycles. The second-order valence-electron chi connectivity index (χ2n) is 7.45. The van der Waals surface area contributed by atoms with Gasteiger partial charge in [-0.1, -0.05) is 18.2 Å². The molecule has 28 heavy (non-hydrogen) atoms. The second kappa shape index (κ2) is 10.4. The fraction of sp³-hybridized carbons (Fsp3) is 0.619. The fourth-order valence-corrected chi connectivity index (χ4v) is 3.66. The summed E-state index contributed by atoms with van der Waals surface area (Å²) in [6, 6.07) is 9.60. The first kappa shape index (κ1) is 20.6. The van der Waals surface area contributed by atoms with E-state index in [9.17, 15) is 9.59 Å². The van der Waals surface area contributed by atoms with Crippen LogP contribution < -0.4 is 4.74 Å². The number of carbonyl (C=O) groups excluding carboxylic acids is 2. The Labute approximate surface area is 167 Å². The number of nitrogens with zero attached hydrogens (tertiary/aromatic N) is 3. The van der Waals surface area contributed by atoms with Gasteiger partial charge in [0.2, 0.25) is 11.8 Å². The van der Waals surface area contributed by atoms with Crippen LogP contribution in [0.3, 0.4) is 0 Å². The summed E-state index contributed by atoms with van der Waals surface area (Å²) in [7, 11) is 1.81. The molecule has 2 heterocycles. The number of ether oxygens (including phenoxy) is 2. The molecule has 0 unspecified atom stereocenters. The van der Waals surface area contributed by atoms with Gasteiger partial charge in [-0.25, -0.2) is 0 Å². The summed E-state index contributed by atoms with van der Waals surface area (Å²) >= 11 is 0. The normalized spacial score (nSPS) is 20.8. The van der Waals surface area contributed by atoms with E-state index in [1.54, 1.807) is 4.90 Å². The third-order valence-corrected chi connectivity index (χ3v) is 5.45. The van der Waals surface area contributed by atoms with E-state index in [0.717, 1.165) is 38.6 Å². The number of carbonyl (C=O) groups is 2. The number of hydrogen-bond acceptors (Lipinski definition) is 5. The first-order valence-electron chi connectivity index (χ1n) is 10.1. The van der Waals surface area contributed by atoms with Crippen molar-refractivity contribution in [3.63, 3.8) is 0 Å². The molecule has 2 aliphatic heterocycles. The maximum Gasteiger partial charge on any atom is 0.227 e. The molecular weight excluding hydrogens is 358 g/mol. The van der Waals surface area contributed by atoms with Crippen LogP contribution in [0.1, 0.15) is 12.8 Å². The van der Waals surface area contributed by atoms with Crippen molar-refractivity contribution in [3.05, 3.63) is 30.3 Å². The van der Waals surface area contributed by atoms with Crippen LogP contribution in [-0.2, 0) is 14.3 Å². The molecule has 2 saturated heterocycles. The number of piperidine rings is 1. The molecule has 2 fully saturated rings. The molecule has 7 nitrogen and oxygen atoms in total. The maximum absolute atomic E-state index is 12.8. The van der Waals surface area contributed by atoms with E-state index in [-0.39, 0.29) is 17.7 Å². The minimum Gasteiger partial charge on any atom is -0.492 e. The highest BCUT2D eigenvalue weighted by molar-refractivity contribution is 5.83. The van der Waals surface area contributed by atoms with Crippen LogP contribution in [-0.4, -0.2) is 92.7 Å². The molecule has 154 valence electrons. The molecule has 1 atom stereocenters. The Balaban J connectivity index is 1.42. The van der Waals surface area contributed by atoms with Crippen molar-refractivity contribution >= 4 is 11.8 Å². The maximum atomic E-state index is 12.8. The molecule has 0 radical (unpaired) electrons. The van der Waals surface area contributed by atoms with E-state index in [2.05, 4.69) is 4.90 Å². The van der Waals surface area contributed by atoms with Gasteiger partial charge in [0, 0.05) is 46.2 Å². The molecular formula is C21H31N3O4. The van der Waals surface area contributed by atoms with Gasteiger partial charge in [0.15, 0.2) is 0 Å². The molecule has 2 aliphatic rings. The molecule has 0 N–H and O–H groups in total. The highest BCUT2D eigenvalue weighted by Crippen LogP contribution is 2.20. The number of likely N-dealkylation sites (N-methyl/N-ethyl adjacent to an activating group) is 1. The number of para-hydroxylation sites is 1. The highest BCUT2D eigenvalue weighted by atomic mass is 16.5. The van der Waals surface area contributed by atoms with Crippen molar-refractivity contribution in [1.82, 2.24) is 14.7 Å². The molecule has 0 bridgehead atoms. The lowest BCUT2D eigenvalue weighted by Gasteiger charge is -2.35. The predicted octanol–water partition coefficient (Wildman–Crippen LogP) is 1.09. The van der Waals surface area contributed by atoms with Crippen molar-refractivity contribution in [2.24, 2.45) is 5.92 Å². The van der Waals surface area contributed by atoms with Gasteiger partial charge in [-0.3, -0.25) is 14.5 Å². The second-order valence-corrected chi connectivity index (χ2v) is 7.45. The summed E-state index contributed by atoms with van der Waals surface area (Å²) in [6.45, 7) is 6.37. The van der Waals surface area contributed by atoms with Gasteiger partial charge in [-0.2, -0.15) is 0 Å². The van der Waals surface area contributed by atoms with E-state index >= 15 is 0 Å². The number of benzene rings is 1. The standard InChI is InChI=1S/C21H31N3O4/c1-22(11-16-28-19-5-3-2-4-6-19)21(26)18-7-8-20(25)24(17-18)10-9-23-12-14-27-15-13-23/h2-6,18H,7-17H2,1H3/t18-/m0/s1. The Hall–Kier alpha value is -2.12. The van der Waals surface area contributed by atoms with Crippen molar-refractivity contribution in [2.45, 2.75) is 12.8 Å². The van der Waals surface area contributed by atoms with Crippen molar-refractivity contribution in [3.8, 4) is 5.75 Å². The largest absolute Gasteiger partial charge is 0.492 e. The predicted molar refractivity (Wildman–Crippen MR) is 106 cm³/mol. The summed E-state index contributed by atoms with van der Waals surface area (Å²) in [6.07, 6.45) is 1.09. The van der Waals surface area contributed by atoms with Crippen LogP contribution in [0.4, 0.5) is 0 Å². The summed E-state index contributed by atoms with van der Waals surface area (Å²) in [5, 5.41) is 0. The Kier molecular flexibility index (Phi) is 7.68. The summed E-state index contributed by atoms with van der Waals surface area (Å²) in [5.41, 5.74) is 0. The third kappa shape index (κ3) is 5.94. The third-order valence-electron chi connectivity index (χ3n) is 5.45. The molecule has 0 spiro atoms. The zero-order chi connectivity index (χ0) is 19.8. The van der Waals surface area contributed by atoms with Gasteiger partial charge in [0.05, 0.1) is 25.7 Å². The van der Waals surface area contributed by atoms with E-state index in [1.807, 2.05) is 42.3 Å². The first-order chi connectivity index (χ1) is 13.6. The van der Waals surface area contributed by atoms with Crippen LogP contribution in [0.25, 0.3) is 0 Å². The minimum absolute atomic E-state index is 0.0977. The molecule has 2 amide bonds. The lowest BCUT2D eigenvalue weighted by atomic mass is 9.96. The van der Waals surface area contributed by atoms with E-state index < -0.39 is 0 Å². The van der Waals surface area contributed by atoms with Gasteiger partial charge < -0.3 is 19.3 Å². The number of hydrogen-bond donors (Lipinski definition) is 0. The van der Waals surface area contributed by atoms with E-state index in [1.165, 1.54) is 0 Å². The lowest BCUT2D eigenvalue weighted by molar-refractivity contribution is -0.142. The van der Waals surface area contributed by atoms with Gasteiger partial charge in [0.25, 0.3) is 0 Å². The monoisotopic (exact) mass is 389 g/mol. The fourth-order valence-electron chi connectivity index (χ4n) is 3.66. The van der Waals surface area contributed by atoms with Crippen LogP contribution in [0, 0.1) is 5.92 Å². The molecule has 0 aliphatic carbocycles. The summed E-state index contributed by atoms with van der Waals surface area (Å²) in [5.74, 6) is 0.943.